The summed E-state index contributed by atoms with van der Waals surface area (Å²) in [5, 5.41) is 6.62. The molecule has 3 aromatic heterocycles. The third-order valence-corrected chi connectivity index (χ3v) is 6.37. The quantitative estimate of drug-likeness (QED) is 0.282. The lowest BCUT2D eigenvalue weighted by Gasteiger charge is -2.13. The molecule has 4 rings (SSSR count). The van der Waals surface area contributed by atoms with Crippen LogP contribution in [0.3, 0.4) is 0 Å². The van der Waals surface area contributed by atoms with Crippen molar-refractivity contribution < 1.29 is 14.0 Å². The Bertz CT molecular complexity index is 1260. The first-order valence-corrected chi connectivity index (χ1v) is 11.5. The molecule has 0 aliphatic carbocycles. The Kier molecular flexibility index (Phi) is 6.28. The standard InChI is InChI=1S/C21H22N4O4S2/c1-12(2)10-25-20(26)18-15(7-8-30-18)22-21(25)31-11-17-23-19(24-29-17)14-6-5-13(27-3)9-16(14)28-4/h5-9,12H,10-11H2,1-4H3. The van der Waals surface area contributed by atoms with Crippen LogP contribution >= 0.6 is 23.1 Å². The van der Waals surface area contributed by atoms with Crippen LogP contribution < -0.4 is 15.0 Å². The van der Waals surface area contributed by atoms with E-state index in [4.69, 9.17) is 14.0 Å². The van der Waals surface area contributed by atoms with E-state index in [1.165, 1.54) is 23.1 Å². The summed E-state index contributed by atoms with van der Waals surface area (Å²) in [6, 6.07) is 7.27. The lowest BCUT2D eigenvalue weighted by Crippen LogP contribution is -2.24. The van der Waals surface area contributed by atoms with E-state index in [1.54, 1.807) is 24.9 Å². The second kappa shape index (κ2) is 9.11. The van der Waals surface area contributed by atoms with Crippen LogP contribution in [0, 0.1) is 5.92 Å². The zero-order valence-electron chi connectivity index (χ0n) is 17.6. The molecule has 0 aliphatic heterocycles. The van der Waals surface area contributed by atoms with E-state index in [2.05, 4.69) is 29.0 Å². The van der Waals surface area contributed by atoms with Crippen molar-refractivity contribution in [3.8, 4) is 22.9 Å². The number of ether oxygens (including phenoxy) is 2. The molecule has 0 unspecified atom stereocenters. The Balaban J connectivity index is 1.59. The number of aromatic nitrogens is 4. The van der Waals surface area contributed by atoms with Crippen molar-refractivity contribution in [2.45, 2.75) is 31.3 Å². The van der Waals surface area contributed by atoms with Crippen molar-refractivity contribution in [2.75, 3.05) is 14.2 Å². The minimum atomic E-state index is -0.00890. The van der Waals surface area contributed by atoms with Gasteiger partial charge >= 0.3 is 0 Å². The first kappa shape index (κ1) is 21.4. The van der Waals surface area contributed by atoms with Gasteiger partial charge in [-0.3, -0.25) is 9.36 Å². The van der Waals surface area contributed by atoms with E-state index < -0.39 is 0 Å². The second-order valence-corrected chi connectivity index (χ2v) is 9.06. The molecule has 0 spiro atoms. The first-order chi connectivity index (χ1) is 15.0. The molecule has 162 valence electrons. The third-order valence-electron chi connectivity index (χ3n) is 4.52. The summed E-state index contributed by atoms with van der Waals surface area (Å²) >= 11 is 2.83. The van der Waals surface area contributed by atoms with Crippen molar-refractivity contribution in [1.82, 2.24) is 19.7 Å². The molecule has 0 radical (unpaired) electrons. The van der Waals surface area contributed by atoms with Crippen LogP contribution in [-0.2, 0) is 12.3 Å². The molecule has 8 nitrogen and oxygen atoms in total. The zero-order valence-corrected chi connectivity index (χ0v) is 19.2. The molecule has 0 saturated heterocycles. The van der Waals surface area contributed by atoms with Crippen molar-refractivity contribution in [3.63, 3.8) is 0 Å². The maximum Gasteiger partial charge on any atom is 0.272 e. The van der Waals surface area contributed by atoms with E-state index in [9.17, 15) is 4.79 Å². The van der Waals surface area contributed by atoms with Crippen LogP contribution in [0.5, 0.6) is 11.5 Å². The van der Waals surface area contributed by atoms with Gasteiger partial charge in [-0.2, -0.15) is 4.98 Å². The number of thioether (sulfide) groups is 1. The summed E-state index contributed by atoms with van der Waals surface area (Å²) in [6.45, 7) is 4.75. The summed E-state index contributed by atoms with van der Waals surface area (Å²) in [5.74, 6) is 2.84. The summed E-state index contributed by atoms with van der Waals surface area (Å²) in [6.07, 6.45) is 0. The SMILES string of the molecule is COc1ccc(-c2noc(CSc3nc4ccsc4c(=O)n3CC(C)C)n2)c(OC)c1. The number of methoxy groups -OCH3 is 2. The van der Waals surface area contributed by atoms with E-state index in [-0.39, 0.29) is 5.56 Å². The van der Waals surface area contributed by atoms with Gasteiger partial charge < -0.3 is 14.0 Å². The minimum absolute atomic E-state index is 0.00890. The molecule has 4 aromatic rings. The van der Waals surface area contributed by atoms with Crippen LogP contribution in [0.2, 0.25) is 0 Å². The fourth-order valence-electron chi connectivity index (χ4n) is 3.09. The van der Waals surface area contributed by atoms with Crippen LogP contribution in [-0.4, -0.2) is 33.9 Å². The third kappa shape index (κ3) is 4.45. The molecule has 3 heterocycles. The van der Waals surface area contributed by atoms with Gasteiger partial charge in [0.25, 0.3) is 5.56 Å². The molecular formula is C21H22N4O4S2. The number of hydrogen-bond donors (Lipinski definition) is 0. The summed E-state index contributed by atoms with van der Waals surface area (Å²) in [7, 11) is 3.17. The maximum absolute atomic E-state index is 12.9. The van der Waals surface area contributed by atoms with Crippen molar-refractivity contribution >= 4 is 33.3 Å². The van der Waals surface area contributed by atoms with Gasteiger partial charge in [0.2, 0.25) is 11.7 Å². The smallest absolute Gasteiger partial charge is 0.272 e. The topological polar surface area (TPSA) is 92.3 Å². The molecule has 0 atom stereocenters. The highest BCUT2D eigenvalue weighted by molar-refractivity contribution is 7.98. The Hall–Kier alpha value is -2.85. The van der Waals surface area contributed by atoms with Gasteiger partial charge in [0.1, 0.15) is 16.2 Å². The van der Waals surface area contributed by atoms with E-state index in [1.807, 2.05) is 23.6 Å². The van der Waals surface area contributed by atoms with Crippen LogP contribution in [0.25, 0.3) is 21.6 Å². The number of benzene rings is 1. The number of thiophene rings is 1. The Morgan fingerprint density at radius 2 is 2.03 bits per heavy atom. The van der Waals surface area contributed by atoms with E-state index in [0.717, 1.165) is 0 Å². The largest absolute Gasteiger partial charge is 0.497 e. The van der Waals surface area contributed by atoms with E-state index >= 15 is 0 Å². The van der Waals surface area contributed by atoms with E-state index in [0.29, 0.717) is 62.4 Å². The highest BCUT2D eigenvalue weighted by atomic mass is 32.2. The van der Waals surface area contributed by atoms with Gasteiger partial charge in [0.15, 0.2) is 5.16 Å². The van der Waals surface area contributed by atoms with Crippen molar-refractivity contribution in [3.05, 3.63) is 45.9 Å². The zero-order chi connectivity index (χ0) is 22.0. The molecule has 1 aromatic carbocycles. The first-order valence-electron chi connectivity index (χ1n) is 9.66. The molecule has 0 amide bonds. The fourth-order valence-corrected chi connectivity index (χ4v) is 4.72. The number of fused-ring (bicyclic) bond motifs is 1. The molecule has 10 heteroatoms. The van der Waals surface area contributed by atoms with Gasteiger partial charge in [-0.25, -0.2) is 4.98 Å². The summed E-state index contributed by atoms with van der Waals surface area (Å²) < 4.78 is 18.5. The van der Waals surface area contributed by atoms with Gasteiger partial charge in [-0.1, -0.05) is 30.8 Å². The average Bonchev–Trinajstić information content (AvgIpc) is 3.43. The Morgan fingerprint density at radius 3 is 2.77 bits per heavy atom. The molecule has 0 fully saturated rings. The van der Waals surface area contributed by atoms with Gasteiger partial charge in [-0.05, 0) is 29.5 Å². The van der Waals surface area contributed by atoms with Crippen LogP contribution in [0.15, 0.2) is 44.1 Å². The predicted molar refractivity (Wildman–Crippen MR) is 121 cm³/mol. The fraction of sp³-hybridized carbons (Fsp3) is 0.333. The predicted octanol–water partition coefficient (Wildman–Crippen LogP) is 4.47. The molecule has 0 N–H and O–H groups in total. The Labute approximate surface area is 187 Å². The summed E-state index contributed by atoms with van der Waals surface area (Å²) in [5.41, 5.74) is 1.41. The summed E-state index contributed by atoms with van der Waals surface area (Å²) in [4.78, 5) is 22.1. The Morgan fingerprint density at radius 1 is 1.19 bits per heavy atom. The lowest BCUT2D eigenvalue weighted by molar-refractivity contribution is 0.388. The van der Waals surface area contributed by atoms with Gasteiger partial charge in [0.05, 0.1) is 31.1 Å². The number of nitrogens with zero attached hydrogens (tertiary/aromatic N) is 4. The lowest BCUT2D eigenvalue weighted by atomic mass is 10.2. The van der Waals surface area contributed by atoms with Gasteiger partial charge in [-0.15, -0.1) is 11.3 Å². The second-order valence-electron chi connectivity index (χ2n) is 7.21. The van der Waals surface area contributed by atoms with Crippen molar-refractivity contribution in [2.24, 2.45) is 5.92 Å². The van der Waals surface area contributed by atoms with Crippen molar-refractivity contribution in [1.29, 1.82) is 0 Å². The number of hydrogen-bond acceptors (Lipinski definition) is 9. The highest BCUT2D eigenvalue weighted by Crippen LogP contribution is 2.32. The maximum atomic E-state index is 12.9. The molecule has 0 aliphatic rings. The highest BCUT2D eigenvalue weighted by Gasteiger charge is 2.17. The monoisotopic (exact) mass is 458 g/mol. The molecule has 31 heavy (non-hydrogen) atoms. The number of rotatable bonds is 8. The minimum Gasteiger partial charge on any atom is -0.497 e. The van der Waals surface area contributed by atoms with Crippen LogP contribution in [0.4, 0.5) is 0 Å². The normalized spacial score (nSPS) is 11.4. The van der Waals surface area contributed by atoms with Gasteiger partial charge in [0, 0.05) is 12.6 Å². The molecule has 0 bridgehead atoms. The average molecular weight is 459 g/mol. The molecular weight excluding hydrogens is 436 g/mol. The molecule has 0 saturated carbocycles. The van der Waals surface area contributed by atoms with Crippen LogP contribution in [0.1, 0.15) is 19.7 Å².